The zero-order chi connectivity index (χ0) is 11.4. The Morgan fingerprint density at radius 2 is 1.94 bits per heavy atom. The number of hydrogen-bond acceptors (Lipinski definition) is 3. The van der Waals surface area contributed by atoms with Crippen molar-refractivity contribution in [2.75, 3.05) is 19.1 Å². The van der Waals surface area contributed by atoms with Gasteiger partial charge in [-0.1, -0.05) is 12.1 Å². The lowest BCUT2D eigenvalue weighted by molar-refractivity contribution is 0.414. The molecule has 1 heterocycles. The zero-order valence-corrected chi connectivity index (χ0v) is 9.51. The summed E-state index contributed by atoms with van der Waals surface area (Å²) in [5.74, 6) is 1.75. The van der Waals surface area contributed by atoms with Gasteiger partial charge in [0, 0.05) is 19.7 Å². The van der Waals surface area contributed by atoms with E-state index in [1.165, 1.54) is 5.56 Å². The van der Waals surface area contributed by atoms with E-state index >= 15 is 0 Å². The summed E-state index contributed by atoms with van der Waals surface area (Å²) in [6, 6.07) is 11.9. The molecule has 3 heteroatoms. The van der Waals surface area contributed by atoms with Crippen LogP contribution >= 0.6 is 0 Å². The van der Waals surface area contributed by atoms with Gasteiger partial charge in [0.1, 0.15) is 5.75 Å². The van der Waals surface area contributed by atoms with Crippen LogP contribution in [0.25, 0.3) is 0 Å². The Kier molecular flexibility index (Phi) is 3.15. The predicted molar refractivity (Wildman–Crippen MR) is 63.8 cm³/mol. The second kappa shape index (κ2) is 4.75. The average molecular weight is 217 g/mol. The van der Waals surface area contributed by atoms with Crippen LogP contribution in [-0.2, 0) is 6.54 Å². The number of furan rings is 1. The zero-order valence-electron chi connectivity index (χ0n) is 9.51. The molecule has 0 bridgehead atoms. The van der Waals surface area contributed by atoms with Crippen molar-refractivity contribution in [2.45, 2.75) is 6.54 Å². The predicted octanol–water partition coefficient (Wildman–Crippen LogP) is 2.92. The van der Waals surface area contributed by atoms with E-state index in [4.69, 9.17) is 9.15 Å². The fraction of sp³-hybridized carbons (Fsp3) is 0.231. The van der Waals surface area contributed by atoms with Crippen LogP contribution < -0.4 is 9.64 Å². The Hall–Kier alpha value is -1.90. The van der Waals surface area contributed by atoms with Crippen LogP contribution in [0.1, 0.15) is 5.56 Å². The fourth-order valence-corrected chi connectivity index (χ4v) is 1.57. The Morgan fingerprint density at radius 1 is 1.19 bits per heavy atom. The highest BCUT2D eigenvalue weighted by Gasteiger charge is 2.04. The first-order valence-electron chi connectivity index (χ1n) is 5.17. The molecule has 0 amide bonds. The first-order chi connectivity index (χ1) is 7.79. The number of anilines is 1. The van der Waals surface area contributed by atoms with Crippen molar-refractivity contribution in [3.63, 3.8) is 0 Å². The normalized spacial score (nSPS) is 10.1. The van der Waals surface area contributed by atoms with Crippen LogP contribution in [0.15, 0.2) is 47.1 Å². The van der Waals surface area contributed by atoms with E-state index in [1.807, 2.05) is 31.3 Å². The molecule has 0 fully saturated rings. The average Bonchev–Trinajstić information content (AvgIpc) is 2.83. The number of ether oxygens (including phenoxy) is 1. The molecule has 16 heavy (non-hydrogen) atoms. The highest BCUT2D eigenvalue weighted by atomic mass is 16.5. The summed E-state index contributed by atoms with van der Waals surface area (Å²) >= 11 is 0. The van der Waals surface area contributed by atoms with Gasteiger partial charge in [0.15, 0.2) is 5.88 Å². The lowest BCUT2D eigenvalue weighted by Crippen LogP contribution is -2.15. The molecule has 0 atom stereocenters. The smallest absolute Gasteiger partial charge is 0.195 e. The molecule has 0 aliphatic rings. The molecule has 1 aromatic carbocycles. The van der Waals surface area contributed by atoms with Crippen LogP contribution in [0.3, 0.4) is 0 Å². The molecule has 0 saturated heterocycles. The summed E-state index contributed by atoms with van der Waals surface area (Å²) in [4.78, 5) is 2.06. The largest absolute Gasteiger partial charge is 0.497 e. The van der Waals surface area contributed by atoms with Crippen LogP contribution in [0.5, 0.6) is 5.75 Å². The van der Waals surface area contributed by atoms with Gasteiger partial charge in [-0.15, -0.1) is 0 Å². The number of benzene rings is 1. The van der Waals surface area contributed by atoms with Crippen LogP contribution in [0, 0.1) is 0 Å². The number of nitrogens with zero attached hydrogens (tertiary/aromatic N) is 1. The van der Waals surface area contributed by atoms with Crippen molar-refractivity contribution < 1.29 is 9.15 Å². The van der Waals surface area contributed by atoms with E-state index in [-0.39, 0.29) is 0 Å². The molecule has 0 N–H and O–H groups in total. The van der Waals surface area contributed by atoms with Gasteiger partial charge in [0.25, 0.3) is 0 Å². The standard InChI is InChI=1S/C13H15NO2/c1-14(13-4-3-9-16-13)10-11-5-7-12(15-2)8-6-11/h3-9H,10H2,1-2H3. The molecule has 3 nitrogen and oxygen atoms in total. The van der Waals surface area contributed by atoms with Crippen LogP contribution in [0.2, 0.25) is 0 Å². The fourth-order valence-electron chi connectivity index (χ4n) is 1.57. The van der Waals surface area contributed by atoms with Crippen molar-refractivity contribution in [3.8, 4) is 5.75 Å². The summed E-state index contributed by atoms with van der Waals surface area (Å²) < 4.78 is 10.4. The first kappa shape index (κ1) is 10.6. The Balaban J connectivity index is 2.03. The topological polar surface area (TPSA) is 25.6 Å². The van der Waals surface area contributed by atoms with Gasteiger partial charge in [-0.3, -0.25) is 0 Å². The monoisotopic (exact) mass is 217 g/mol. The minimum atomic E-state index is 0.817. The SMILES string of the molecule is COc1ccc(CN(C)c2ccco2)cc1. The summed E-state index contributed by atoms with van der Waals surface area (Å²) in [5.41, 5.74) is 1.22. The minimum Gasteiger partial charge on any atom is -0.497 e. The van der Waals surface area contributed by atoms with E-state index in [1.54, 1.807) is 13.4 Å². The third-order valence-corrected chi connectivity index (χ3v) is 2.46. The Labute approximate surface area is 95.3 Å². The lowest BCUT2D eigenvalue weighted by Gasteiger charge is -2.15. The van der Waals surface area contributed by atoms with Gasteiger partial charge in [0.2, 0.25) is 0 Å². The van der Waals surface area contributed by atoms with E-state index in [2.05, 4.69) is 17.0 Å². The van der Waals surface area contributed by atoms with E-state index in [9.17, 15) is 0 Å². The molecular formula is C13H15NO2. The van der Waals surface area contributed by atoms with Crippen molar-refractivity contribution in [1.82, 2.24) is 0 Å². The van der Waals surface area contributed by atoms with Gasteiger partial charge >= 0.3 is 0 Å². The number of rotatable bonds is 4. The van der Waals surface area contributed by atoms with Crippen LogP contribution in [0.4, 0.5) is 5.88 Å². The molecule has 0 radical (unpaired) electrons. The molecule has 0 aliphatic heterocycles. The van der Waals surface area contributed by atoms with E-state index < -0.39 is 0 Å². The molecule has 2 aromatic rings. The number of hydrogen-bond donors (Lipinski definition) is 0. The quantitative estimate of drug-likeness (QED) is 0.787. The van der Waals surface area contributed by atoms with Crippen molar-refractivity contribution >= 4 is 5.88 Å². The highest BCUT2D eigenvalue weighted by Crippen LogP contribution is 2.17. The Morgan fingerprint density at radius 3 is 2.50 bits per heavy atom. The van der Waals surface area contributed by atoms with Crippen molar-refractivity contribution in [3.05, 3.63) is 48.2 Å². The molecule has 84 valence electrons. The number of methoxy groups -OCH3 is 1. The van der Waals surface area contributed by atoms with Gasteiger partial charge in [-0.25, -0.2) is 0 Å². The molecule has 1 aromatic heterocycles. The summed E-state index contributed by atoms with van der Waals surface area (Å²) in [7, 11) is 3.67. The second-order valence-corrected chi connectivity index (χ2v) is 3.66. The first-order valence-corrected chi connectivity index (χ1v) is 5.17. The highest BCUT2D eigenvalue weighted by molar-refractivity contribution is 5.36. The molecule has 2 rings (SSSR count). The molecule has 0 aliphatic carbocycles. The molecule has 0 spiro atoms. The molecule has 0 unspecified atom stereocenters. The Bertz CT molecular complexity index is 420. The van der Waals surface area contributed by atoms with E-state index in [0.29, 0.717) is 0 Å². The third kappa shape index (κ3) is 2.37. The minimum absolute atomic E-state index is 0.817. The van der Waals surface area contributed by atoms with Gasteiger partial charge < -0.3 is 14.1 Å². The van der Waals surface area contributed by atoms with E-state index in [0.717, 1.165) is 18.2 Å². The summed E-state index contributed by atoms with van der Waals surface area (Å²) in [5, 5.41) is 0. The maximum atomic E-state index is 5.31. The molecular weight excluding hydrogens is 202 g/mol. The van der Waals surface area contributed by atoms with Gasteiger partial charge in [-0.05, 0) is 23.8 Å². The summed E-state index contributed by atoms with van der Waals surface area (Å²) in [6.07, 6.45) is 1.68. The summed E-state index contributed by atoms with van der Waals surface area (Å²) in [6.45, 7) is 0.817. The van der Waals surface area contributed by atoms with Gasteiger partial charge in [-0.2, -0.15) is 0 Å². The second-order valence-electron chi connectivity index (χ2n) is 3.66. The van der Waals surface area contributed by atoms with Crippen molar-refractivity contribution in [1.29, 1.82) is 0 Å². The van der Waals surface area contributed by atoms with Crippen LogP contribution in [-0.4, -0.2) is 14.2 Å². The lowest BCUT2D eigenvalue weighted by atomic mass is 10.2. The van der Waals surface area contributed by atoms with Gasteiger partial charge in [0.05, 0.1) is 13.4 Å². The third-order valence-electron chi connectivity index (χ3n) is 2.46. The molecule has 0 saturated carbocycles. The van der Waals surface area contributed by atoms with Crippen molar-refractivity contribution in [2.24, 2.45) is 0 Å². The maximum Gasteiger partial charge on any atom is 0.195 e. The maximum absolute atomic E-state index is 5.31.